The summed E-state index contributed by atoms with van der Waals surface area (Å²) in [5, 5.41) is 7.17. The first-order chi connectivity index (χ1) is 14.7. The van der Waals surface area contributed by atoms with Crippen molar-refractivity contribution < 1.29 is 17.9 Å². The molecule has 1 N–H and O–H groups in total. The number of amides is 2. The Kier molecular flexibility index (Phi) is 7.22. The summed E-state index contributed by atoms with van der Waals surface area (Å²) in [6, 6.07) is 7.57. The Hall–Kier alpha value is -2.59. The van der Waals surface area contributed by atoms with Crippen LogP contribution in [0.5, 0.6) is 5.75 Å². The number of nitrogens with zero attached hydrogens (tertiary/aromatic N) is 4. The predicted octanol–water partition coefficient (Wildman–Crippen LogP) is 1.69. The summed E-state index contributed by atoms with van der Waals surface area (Å²) >= 11 is 0. The first-order valence-electron chi connectivity index (χ1n) is 10.4. The number of hydrogen-bond donors (Lipinski definition) is 1. The molecule has 31 heavy (non-hydrogen) atoms. The average molecular weight is 450 g/mol. The number of nitrogens with one attached hydrogen (secondary N) is 1. The van der Waals surface area contributed by atoms with E-state index in [4.69, 9.17) is 4.74 Å². The van der Waals surface area contributed by atoms with Gasteiger partial charge >= 0.3 is 6.03 Å². The smallest absolute Gasteiger partial charge is 0.317 e. The third-order valence-corrected chi connectivity index (χ3v) is 7.78. The van der Waals surface area contributed by atoms with Gasteiger partial charge in [-0.1, -0.05) is 12.1 Å². The maximum atomic E-state index is 13.2. The summed E-state index contributed by atoms with van der Waals surface area (Å²) in [4.78, 5) is 14.6. The molecule has 0 atom stereocenters. The molecule has 2 amide bonds. The lowest BCUT2D eigenvalue weighted by atomic mass is 10.1. The quantitative estimate of drug-likeness (QED) is 0.724. The maximum absolute atomic E-state index is 13.2. The van der Waals surface area contributed by atoms with Crippen LogP contribution >= 0.6 is 0 Å². The topological polar surface area (TPSA) is 96.8 Å². The largest absolute Gasteiger partial charge is 0.497 e. The van der Waals surface area contributed by atoms with Crippen molar-refractivity contribution in [2.75, 3.05) is 39.8 Å². The van der Waals surface area contributed by atoms with Gasteiger partial charge in [0.05, 0.1) is 18.5 Å². The number of ether oxygens (including phenoxy) is 1. The lowest BCUT2D eigenvalue weighted by molar-refractivity contribution is 0.200. The Morgan fingerprint density at radius 2 is 1.84 bits per heavy atom. The molecule has 1 aromatic heterocycles. The van der Waals surface area contributed by atoms with E-state index in [1.807, 2.05) is 24.3 Å². The van der Waals surface area contributed by atoms with Gasteiger partial charge < -0.3 is 15.0 Å². The standard InChI is InChI=1S/C21H31N5O4S/c1-16-20(17(2)24(3)23-16)31(28,29)26-13-5-12-25(14-15-26)21(27)22-11-10-18-6-8-19(30-4)9-7-18/h6-9H,5,10-15H2,1-4H3,(H,22,27). The number of carbonyl (C=O) groups is 1. The second kappa shape index (κ2) is 9.69. The van der Waals surface area contributed by atoms with Gasteiger partial charge in [-0.3, -0.25) is 4.68 Å². The van der Waals surface area contributed by atoms with Crippen LogP contribution in [0.2, 0.25) is 0 Å². The van der Waals surface area contributed by atoms with Crippen molar-refractivity contribution in [3.63, 3.8) is 0 Å². The number of hydrogen-bond acceptors (Lipinski definition) is 5. The normalized spacial score (nSPS) is 15.5. The van der Waals surface area contributed by atoms with Crippen LogP contribution in [0.25, 0.3) is 0 Å². The Morgan fingerprint density at radius 3 is 2.45 bits per heavy atom. The number of urea groups is 1. The van der Waals surface area contributed by atoms with Crippen molar-refractivity contribution >= 4 is 16.1 Å². The summed E-state index contributed by atoms with van der Waals surface area (Å²) in [7, 11) is -0.288. The van der Waals surface area contributed by atoms with E-state index in [0.717, 1.165) is 11.3 Å². The molecule has 0 aliphatic carbocycles. The first kappa shape index (κ1) is 23.1. The molecule has 1 aliphatic heterocycles. The predicted molar refractivity (Wildman–Crippen MR) is 118 cm³/mol. The van der Waals surface area contributed by atoms with E-state index < -0.39 is 10.0 Å². The molecule has 3 rings (SSSR count). The van der Waals surface area contributed by atoms with Crippen LogP contribution in [0, 0.1) is 13.8 Å². The molecule has 0 saturated carbocycles. The molecule has 1 saturated heterocycles. The Bertz CT molecular complexity index is 1020. The molecule has 1 aliphatic rings. The van der Waals surface area contributed by atoms with E-state index in [0.29, 0.717) is 50.4 Å². The van der Waals surface area contributed by atoms with Crippen molar-refractivity contribution in [1.29, 1.82) is 0 Å². The Labute approximate surface area is 184 Å². The second-order valence-corrected chi connectivity index (χ2v) is 9.57. The summed E-state index contributed by atoms with van der Waals surface area (Å²) < 4.78 is 34.6. The van der Waals surface area contributed by atoms with E-state index in [9.17, 15) is 13.2 Å². The summed E-state index contributed by atoms with van der Waals surface area (Å²) in [6.07, 6.45) is 1.30. The number of methoxy groups -OCH3 is 1. The molecule has 2 heterocycles. The Morgan fingerprint density at radius 1 is 1.13 bits per heavy atom. The second-order valence-electron chi connectivity index (χ2n) is 7.70. The van der Waals surface area contributed by atoms with Crippen LogP contribution in [0.1, 0.15) is 23.4 Å². The number of carbonyl (C=O) groups excluding carboxylic acids is 1. The number of aromatic nitrogens is 2. The van der Waals surface area contributed by atoms with E-state index in [1.54, 1.807) is 37.6 Å². The molecule has 170 valence electrons. The van der Waals surface area contributed by atoms with Gasteiger partial charge in [-0.25, -0.2) is 13.2 Å². The zero-order chi connectivity index (χ0) is 22.6. The summed E-state index contributed by atoms with van der Waals surface area (Å²) in [5.74, 6) is 0.800. The van der Waals surface area contributed by atoms with Gasteiger partial charge in [0, 0.05) is 39.8 Å². The average Bonchev–Trinajstić information content (AvgIpc) is 2.92. The fraction of sp³-hybridized carbons (Fsp3) is 0.524. The monoisotopic (exact) mass is 449 g/mol. The lowest BCUT2D eigenvalue weighted by Gasteiger charge is -2.22. The maximum Gasteiger partial charge on any atom is 0.317 e. The van der Waals surface area contributed by atoms with E-state index >= 15 is 0 Å². The van der Waals surface area contributed by atoms with Crippen LogP contribution in [0.15, 0.2) is 29.2 Å². The zero-order valence-corrected chi connectivity index (χ0v) is 19.4. The van der Waals surface area contributed by atoms with Gasteiger partial charge in [-0.2, -0.15) is 9.40 Å². The lowest BCUT2D eigenvalue weighted by Crippen LogP contribution is -2.43. The molecular formula is C21H31N5O4S. The van der Waals surface area contributed by atoms with Crippen molar-refractivity contribution in [3.8, 4) is 5.75 Å². The van der Waals surface area contributed by atoms with Crippen LogP contribution in [0.3, 0.4) is 0 Å². The van der Waals surface area contributed by atoms with E-state index in [-0.39, 0.29) is 17.5 Å². The molecule has 10 heteroatoms. The van der Waals surface area contributed by atoms with Crippen molar-refractivity contribution in [2.45, 2.75) is 31.6 Å². The van der Waals surface area contributed by atoms with Crippen molar-refractivity contribution in [3.05, 3.63) is 41.2 Å². The molecule has 0 radical (unpaired) electrons. The molecule has 0 unspecified atom stereocenters. The molecule has 9 nitrogen and oxygen atoms in total. The third kappa shape index (κ3) is 5.19. The summed E-state index contributed by atoms with van der Waals surface area (Å²) in [5.41, 5.74) is 2.23. The molecular weight excluding hydrogens is 418 g/mol. The highest BCUT2D eigenvalue weighted by molar-refractivity contribution is 7.89. The molecule has 1 aromatic carbocycles. The van der Waals surface area contributed by atoms with Crippen LogP contribution in [-0.4, -0.2) is 73.3 Å². The van der Waals surface area contributed by atoms with Gasteiger partial charge in [0.15, 0.2) is 0 Å². The number of sulfonamides is 1. The molecule has 2 aromatic rings. The van der Waals surface area contributed by atoms with Crippen LogP contribution in [0.4, 0.5) is 4.79 Å². The van der Waals surface area contributed by atoms with Crippen molar-refractivity contribution in [2.24, 2.45) is 7.05 Å². The van der Waals surface area contributed by atoms with Crippen molar-refractivity contribution in [1.82, 2.24) is 24.3 Å². The highest BCUT2D eigenvalue weighted by Crippen LogP contribution is 2.24. The van der Waals surface area contributed by atoms with Gasteiger partial charge in [-0.15, -0.1) is 0 Å². The minimum absolute atomic E-state index is 0.165. The third-order valence-electron chi connectivity index (χ3n) is 5.63. The number of rotatable bonds is 6. The number of aryl methyl sites for hydroxylation is 2. The molecule has 0 spiro atoms. The summed E-state index contributed by atoms with van der Waals surface area (Å²) in [6.45, 7) is 5.50. The van der Waals surface area contributed by atoms with Gasteiger partial charge in [0.25, 0.3) is 0 Å². The van der Waals surface area contributed by atoms with E-state index in [1.165, 1.54) is 4.31 Å². The molecule has 0 bridgehead atoms. The van der Waals surface area contributed by atoms with E-state index in [2.05, 4.69) is 10.4 Å². The Balaban J connectivity index is 1.55. The highest BCUT2D eigenvalue weighted by Gasteiger charge is 2.32. The minimum atomic E-state index is -3.65. The van der Waals surface area contributed by atoms with Crippen LogP contribution < -0.4 is 10.1 Å². The molecule has 1 fully saturated rings. The minimum Gasteiger partial charge on any atom is -0.497 e. The zero-order valence-electron chi connectivity index (χ0n) is 18.6. The SMILES string of the molecule is COc1ccc(CCNC(=O)N2CCCN(S(=O)(=O)c3c(C)nn(C)c3C)CC2)cc1. The first-order valence-corrected chi connectivity index (χ1v) is 11.8. The van der Waals surface area contributed by atoms with Gasteiger partial charge in [-0.05, 0) is 44.4 Å². The fourth-order valence-electron chi connectivity index (χ4n) is 3.81. The fourth-order valence-corrected chi connectivity index (χ4v) is 5.68. The van der Waals surface area contributed by atoms with Gasteiger partial charge in [0.1, 0.15) is 10.6 Å². The highest BCUT2D eigenvalue weighted by atomic mass is 32.2. The van der Waals surface area contributed by atoms with Gasteiger partial charge in [0.2, 0.25) is 10.0 Å². The van der Waals surface area contributed by atoms with Crippen LogP contribution in [-0.2, 0) is 23.5 Å². The number of benzene rings is 1.